The number of furan rings is 1. The number of nitro benzene ring substituents is 1. The van der Waals surface area contributed by atoms with Gasteiger partial charge < -0.3 is 19.2 Å². The standard InChI is InChI=1S/C19H15ClN2O7/c1-27-13-3-4-14-11(9-28-17(14)8-13)6-19(24)29-10-18(23)21-16-7-12(22(25)26)2-5-15(16)20/h2-5,7-9H,6,10H2,1H3,(H,21,23). The van der Waals surface area contributed by atoms with Crippen LogP contribution in [-0.2, 0) is 20.7 Å². The molecule has 9 nitrogen and oxygen atoms in total. The summed E-state index contributed by atoms with van der Waals surface area (Å²) in [6.45, 7) is -0.568. The fraction of sp³-hybridized carbons (Fsp3) is 0.158. The van der Waals surface area contributed by atoms with Crippen LogP contribution in [0.4, 0.5) is 11.4 Å². The molecule has 0 bridgehead atoms. The second-order valence-electron chi connectivity index (χ2n) is 5.93. The van der Waals surface area contributed by atoms with Crippen molar-refractivity contribution >= 4 is 45.8 Å². The van der Waals surface area contributed by atoms with E-state index in [1.54, 1.807) is 18.2 Å². The summed E-state index contributed by atoms with van der Waals surface area (Å²) in [5.41, 5.74) is 0.988. The predicted molar refractivity (Wildman–Crippen MR) is 104 cm³/mol. The van der Waals surface area contributed by atoms with Crippen molar-refractivity contribution in [2.24, 2.45) is 0 Å². The molecule has 0 spiro atoms. The van der Waals surface area contributed by atoms with E-state index in [1.165, 1.54) is 25.5 Å². The molecule has 0 aliphatic rings. The summed E-state index contributed by atoms with van der Waals surface area (Å²) in [5.74, 6) is -0.691. The fourth-order valence-corrected chi connectivity index (χ4v) is 2.75. The Morgan fingerprint density at radius 3 is 2.76 bits per heavy atom. The number of nitro groups is 1. The third-order valence-electron chi connectivity index (χ3n) is 4.00. The molecule has 2 aromatic carbocycles. The summed E-state index contributed by atoms with van der Waals surface area (Å²) in [5, 5.41) is 14.0. The van der Waals surface area contributed by atoms with Gasteiger partial charge in [-0.15, -0.1) is 0 Å². The van der Waals surface area contributed by atoms with Crippen LogP contribution in [0.1, 0.15) is 5.56 Å². The first-order chi connectivity index (χ1) is 13.9. The maximum absolute atomic E-state index is 12.1. The Kier molecular flexibility index (Phi) is 5.99. The van der Waals surface area contributed by atoms with Crippen molar-refractivity contribution in [2.75, 3.05) is 19.0 Å². The molecular formula is C19H15ClN2O7. The Bertz CT molecular complexity index is 1090. The van der Waals surface area contributed by atoms with E-state index in [0.29, 0.717) is 16.9 Å². The lowest BCUT2D eigenvalue weighted by molar-refractivity contribution is -0.384. The van der Waals surface area contributed by atoms with E-state index in [0.717, 1.165) is 11.5 Å². The number of amides is 1. The minimum absolute atomic E-state index is 0.0525. The van der Waals surface area contributed by atoms with Gasteiger partial charge >= 0.3 is 5.97 Å². The van der Waals surface area contributed by atoms with Crippen LogP contribution >= 0.6 is 11.6 Å². The monoisotopic (exact) mass is 418 g/mol. The molecule has 0 aliphatic carbocycles. The second kappa shape index (κ2) is 8.61. The zero-order valence-corrected chi connectivity index (χ0v) is 15.9. The number of fused-ring (bicyclic) bond motifs is 1. The van der Waals surface area contributed by atoms with Gasteiger partial charge in [-0.1, -0.05) is 11.6 Å². The highest BCUT2D eigenvalue weighted by Gasteiger charge is 2.15. The fourth-order valence-electron chi connectivity index (χ4n) is 2.59. The smallest absolute Gasteiger partial charge is 0.310 e. The summed E-state index contributed by atoms with van der Waals surface area (Å²) in [7, 11) is 1.54. The molecule has 1 aromatic heterocycles. The minimum Gasteiger partial charge on any atom is -0.497 e. The Morgan fingerprint density at radius 1 is 1.24 bits per heavy atom. The number of nitrogens with one attached hydrogen (secondary N) is 1. The molecule has 150 valence electrons. The van der Waals surface area contributed by atoms with Gasteiger partial charge in [0.25, 0.3) is 11.6 Å². The van der Waals surface area contributed by atoms with Crippen LogP contribution in [0.15, 0.2) is 47.1 Å². The SMILES string of the molecule is COc1ccc2c(CC(=O)OCC(=O)Nc3cc([N+](=O)[O-])ccc3Cl)coc2c1. The number of halogens is 1. The van der Waals surface area contributed by atoms with E-state index in [1.807, 2.05) is 0 Å². The normalized spacial score (nSPS) is 10.6. The number of hydrogen-bond donors (Lipinski definition) is 1. The summed E-state index contributed by atoms with van der Waals surface area (Å²) < 4.78 is 15.5. The zero-order valence-electron chi connectivity index (χ0n) is 15.1. The maximum atomic E-state index is 12.1. The summed E-state index contributed by atoms with van der Waals surface area (Å²) in [6.07, 6.45) is 1.35. The number of methoxy groups -OCH3 is 1. The lowest BCUT2D eigenvalue weighted by Gasteiger charge is -2.08. The number of nitrogens with zero attached hydrogens (tertiary/aromatic N) is 1. The maximum Gasteiger partial charge on any atom is 0.310 e. The van der Waals surface area contributed by atoms with Crippen molar-refractivity contribution in [2.45, 2.75) is 6.42 Å². The van der Waals surface area contributed by atoms with Gasteiger partial charge in [0.2, 0.25) is 0 Å². The lowest BCUT2D eigenvalue weighted by atomic mass is 10.1. The molecule has 0 unspecified atom stereocenters. The molecule has 1 heterocycles. The molecule has 29 heavy (non-hydrogen) atoms. The highest BCUT2D eigenvalue weighted by atomic mass is 35.5. The number of non-ortho nitro benzene ring substituents is 1. The Labute approximate surface area is 169 Å². The molecule has 0 saturated heterocycles. The Hall–Kier alpha value is -3.59. The van der Waals surface area contributed by atoms with E-state index in [4.69, 9.17) is 25.5 Å². The number of carbonyl (C=O) groups is 2. The van der Waals surface area contributed by atoms with Crippen LogP contribution in [0.2, 0.25) is 5.02 Å². The number of carbonyl (C=O) groups excluding carboxylic acids is 2. The number of ether oxygens (including phenoxy) is 2. The third kappa shape index (κ3) is 4.82. The van der Waals surface area contributed by atoms with Crippen LogP contribution in [0.5, 0.6) is 5.75 Å². The van der Waals surface area contributed by atoms with Gasteiger partial charge in [-0.25, -0.2) is 0 Å². The number of benzene rings is 2. The Morgan fingerprint density at radius 2 is 2.03 bits per heavy atom. The van der Waals surface area contributed by atoms with Gasteiger partial charge in [0.1, 0.15) is 11.3 Å². The Balaban J connectivity index is 1.58. The van der Waals surface area contributed by atoms with Gasteiger partial charge in [0.15, 0.2) is 6.61 Å². The van der Waals surface area contributed by atoms with Crippen LogP contribution in [0.25, 0.3) is 11.0 Å². The summed E-state index contributed by atoms with van der Waals surface area (Å²) >= 11 is 5.92. The molecule has 0 aliphatic heterocycles. The molecule has 3 aromatic rings. The first kappa shape index (κ1) is 20.2. The number of hydrogen-bond acceptors (Lipinski definition) is 7. The largest absolute Gasteiger partial charge is 0.497 e. The van der Waals surface area contributed by atoms with Crippen LogP contribution in [-0.4, -0.2) is 30.5 Å². The molecule has 0 saturated carbocycles. The van der Waals surface area contributed by atoms with Crippen LogP contribution in [0, 0.1) is 10.1 Å². The van der Waals surface area contributed by atoms with E-state index in [-0.39, 0.29) is 22.8 Å². The zero-order chi connectivity index (χ0) is 21.0. The highest BCUT2D eigenvalue weighted by Crippen LogP contribution is 2.27. The van der Waals surface area contributed by atoms with Crippen molar-refractivity contribution < 1.29 is 28.4 Å². The molecule has 1 amide bonds. The third-order valence-corrected chi connectivity index (χ3v) is 4.33. The minimum atomic E-state index is -0.678. The van der Waals surface area contributed by atoms with Gasteiger partial charge in [0, 0.05) is 29.1 Å². The molecule has 0 atom stereocenters. The van der Waals surface area contributed by atoms with E-state index < -0.39 is 23.4 Å². The first-order valence-electron chi connectivity index (χ1n) is 8.31. The van der Waals surface area contributed by atoms with Gasteiger partial charge in [0.05, 0.1) is 35.4 Å². The van der Waals surface area contributed by atoms with Crippen LogP contribution in [0.3, 0.4) is 0 Å². The van der Waals surface area contributed by atoms with Gasteiger partial charge in [-0.05, 0) is 18.2 Å². The molecule has 0 radical (unpaired) electrons. The number of esters is 1. The molecule has 10 heteroatoms. The lowest BCUT2D eigenvalue weighted by Crippen LogP contribution is -2.21. The quantitative estimate of drug-likeness (QED) is 0.352. The van der Waals surface area contributed by atoms with Crippen molar-refractivity contribution in [1.29, 1.82) is 0 Å². The van der Waals surface area contributed by atoms with Crippen LogP contribution < -0.4 is 10.1 Å². The average molecular weight is 419 g/mol. The van der Waals surface area contributed by atoms with Crippen molar-refractivity contribution in [3.05, 3.63) is 63.4 Å². The van der Waals surface area contributed by atoms with Crippen molar-refractivity contribution in [3.8, 4) is 5.75 Å². The van der Waals surface area contributed by atoms with Crippen molar-refractivity contribution in [3.63, 3.8) is 0 Å². The predicted octanol–water partition coefficient (Wildman–Crippen LogP) is 3.73. The highest BCUT2D eigenvalue weighted by molar-refractivity contribution is 6.33. The topological polar surface area (TPSA) is 121 Å². The number of anilines is 1. The second-order valence-corrected chi connectivity index (χ2v) is 6.34. The summed E-state index contributed by atoms with van der Waals surface area (Å²) in [4.78, 5) is 34.2. The first-order valence-corrected chi connectivity index (χ1v) is 8.68. The summed E-state index contributed by atoms with van der Waals surface area (Å²) in [6, 6.07) is 8.82. The van der Waals surface area contributed by atoms with Gasteiger partial charge in [-0.3, -0.25) is 19.7 Å². The van der Waals surface area contributed by atoms with Crippen molar-refractivity contribution in [1.82, 2.24) is 0 Å². The average Bonchev–Trinajstić information content (AvgIpc) is 3.09. The molecule has 1 N–H and O–H groups in total. The molecular weight excluding hydrogens is 404 g/mol. The van der Waals surface area contributed by atoms with E-state index >= 15 is 0 Å². The van der Waals surface area contributed by atoms with Gasteiger partial charge in [-0.2, -0.15) is 0 Å². The van der Waals surface area contributed by atoms with E-state index in [9.17, 15) is 19.7 Å². The molecule has 3 rings (SSSR count). The molecule has 0 fully saturated rings. The number of rotatable bonds is 7. The van der Waals surface area contributed by atoms with E-state index in [2.05, 4.69) is 5.32 Å².